The van der Waals surface area contributed by atoms with Gasteiger partial charge in [0.05, 0.1) is 0 Å². The quantitative estimate of drug-likeness (QED) is 0.428. The van der Waals surface area contributed by atoms with E-state index >= 15 is 0 Å². The number of benzene rings is 1. The van der Waals surface area contributed by atoms with Crippen molar-refractivity contribution in [2.24, 2.45) is 0 Å². The molecule has 1 aliphatic heterocycles. The maximum atomic E-state index is 13.3. The molecular weight excluding hydrogens is 440 g/mol. The van der Waals surface area contributed by atoms with Gasteiger partial charge in [-0.1, -0.05) is 0 Å². The van der Waals surface area contributed by atoms with Gasteiger partial charge in [0.1, 0.15) is 0 Å². The van der Waals surface area contributed by atoms with Gasteiger partial charge in [0.15, 0.2) is 0 Å². The van der Waals surface area contributed by atoms with Gasteiger partial charge in [-0.05, 0) is 0 Å². The molecule has 4 nitrogen and oxygen atoms in total. The van der Waals surface area contributed by atoms with Crippen LogP contribution in [0.25, 0.3) is 27.0 Å². The molecule has 25 heavy (non-hydrogen) atoms. The number of hydrogen-bond acceptors (Lipinski definition) is 4. The van der Waals surface area contributed by atoms with E-state index in [1.54, 1.807) is 30.7 Å². The molecule has 0 fully saturated rings. The Bertz CT molecular complexity index is 1140. The van der Waals surface area contributed by atoms with E-state index < -0.39 is 14.7 Å². The zero-order valence-corrected chi connectivity index (χ0v) is 17.5. The SMILES string of the molecule is C[As](C)c1c2ccnsc-2c2c(=O)n(-c3cc(Cl)ccc3Cl)cnc12. The van der Waals surface area contributed by atoms with Crippen LogP contribution in [0.5, 0.6) is 0 Å². The summed E-state index contributed by atoms with van der Waals surface area (Å²) in [7, 11) is 0. The Morgan fingerprint density at radius 3 is 2.76 bits per heavy atom. The van der Waals surface area contributed by atoms with Gasteiger partial charge in [0.25, 0.3) is 0 Å². The monoisotopic (exact) mass is 451 g/mol. The number of rotatable bonds is 2. The molecule has 2 heterocycles. The molecule has 0 spiro atoms. The number of aromatic nitrogens is 3. The van der Waals surface area contributed by atoms with Gasteiger partial charge in [-0.2, -0.15) is 0 Å². The maximum absolute atomic E-state index is 13.3. The molecule has 0 unspecified atom stereocenters. The molecule has 0 N–H and O–H groups in total. The Morgan fingerprint density at radius 2 is 2.00 bits per heavy atom. The molecule has 2 aliphatic rings. The Morgan fingerprint density at radius 1 is 1.20 bits per heavy atom. The van der Waals surface area contributed by atoms with Crippen molar-refractivity contribution in [2.75, 3.05) is 0 Å². The minimum atomic E-state index is -1.26. The van der Waals surface area contributed by atoms with Gasteiger partial charge in [0.2, 0.25) is 0 Å². The molecule has 0 saturated heterocycles. The van der Waals surface area contributed by atoms with Crippen molar-refractivity contribution in [3.05, 3.63) is 57.2 Å². The van der Waals surface area contributed by atoms with Crippen LogP contribution in [0.1, 0.15) is 0 Å². The summed E-state index contributed by atoms with van der Waals surface area (Å²) < 4.78 is 6.93. The number of fused-ring (bicyclic) bond motifs is 3. The zero-order valence-electron chi connectivity index (χ0n) is 13.3. The van der Waals surface area contributed by atoms with E-state index in [0.29, 0.717) is 21.1 Å². The Hall–Kier alpha value is -1.39. The van der Waals surface area contributed by atoms with E-state index in [9.17, 15) is 4.79 Å². The molecule has 0 amide bonds. The fourth-order valence-corrected chi connectivity index (χ4v) is 6.90. The topological polar surface area (TPSA) is 47.8 Å². The third kappa shape index (κ3) is 2.70. The van der Waals surface area contributed by atoms with Crippen LogP contribution in [0.2, 0.25) is 21.5 Å². The molecule has 0 bridgehead atoms. The van der Waals surface area contributed by atoms with Crippen molar-refractivity contribution in [3.8, 4) is 16.1 Å². The summed E-state index contributed by atoms with van der Waals surface area (Å²) in [6.45, 7) is 0. The summed E-state index contributed by atoms with van der Waals surface area (Å²) in [6, 6.07) is 7.02. The van der Waals surface area contributed by atoms with Gasteiger partial charge >= 0.3 is 163 Å². The van der Waals surface area contributed by atoms with Crippen molar-refractivity contribution in [1.29, 1.82) is 0 Å². The van der Waals surface area contributed by atoms with E-state index in [1.807, 2.05) is 6.07 Å². The predicted molar refractivity (Wildman–Crippen MR) is 107 cm³/mol. The van der Waals surface area contributed by atoms with Crippen LogP contribution in [0.15, 0.2) is 41.6 Å². The molecule has 0 atom stereocenters. The van der Waals surface area contributed by atoms with Crippen LogP contribution < -0.4 is 9.91 Å². The molecule has 1 aliphatic carbocycles. The summed E-state index contributed by atoms with van der Waals surface area (Å²) >= 11 is 12.4. The number of hydrogen-bond donors (Lipinski definition) is 0. The molecule has 1 aromatic heterocycles. The van der Waals surface area contributed by atoms with Gasteiger partial charge in [-0.25, -0.2) is 0 Å². The first-order chi connectivity index (χ1) is 12.0. The summed E-state index contributed by atoms with van der Waals surface area (Å²) in [6.07, 6.45) is 3.32. The Balaban J connectivity index is 2.12. The van der Waals surface area contributed by atoms with Crippen LogP contribution in [0, 0.1) is 0 Å². The van der Waals surface area contributed by atoms with Crippen molar-refractivity contribution in [1.82, 2.24) is 13.9 Å². The number of halogens is 2. The fraction of sp³-hybridized carbons (Fsp3) is 0.118. The fourth-order valence-electron chi connectivity index (χ4n) is 2.94. The van der Waals surface area contributed by atoms with E-state index in [2.05, 4.69) is 20.8 Å². The minimum absolute atomic E-state index is 0.148. The van der Waals surface area contributed by atoms with Crippen molar-refractivity contribution >= 4 is 64.6 Å². The van der Waals surface area contributed by atoms with Gasteiger partial charge in [-0.3, -0.25) is 0 Å². The second-order valence-electron chi connectivity index (χ2n) is 5.74. The zero-order chi connectivity index (χ0) is 17.7. The van der Waals surface area contributed by atoms with Crippen LogP contribution >= 0.6 is 34.7 Å². The molecule has 1 aromatic carbocycles. The number of nitrogens with zero attached hydrogens (tertiary/aromatic N) is 3. The van der Waals surface area contributed by atoms with Crippen molar-refractivity contribution in [3.63, 3.8) is 0 Å². The summed E-state index contributed by atoms with van der Waals surface area (Å²) in [5.41, 5.74) is 6.76. The first-order valence-electron chi connectivity index (χ1n) is 7.39. The first kappa shape index (κ1) is 17.0. The van der Waals surface area contributed by atoms with Crippen LogP contribution in [-0.2, 0) is 0 Å². The Labute approximate surface area is 162 Å². The van der Waals surface area contributed by atoms with Crippen molar-refractivity contribution in [2.45, 2.75) is 11.4 Å². The standard InChI is InChI=1S/C17H12AsCl2N3OS/c1-18(2)14-10-5-6-22-25-16(10)13-15(14)21-8-23(17(13)24)12-7-9(19)3-4-11(12)20/h3-8H,1-2H3. The summed E-state index contributed by atoms with van der Waals surface area (Å²) in [5, 5.41) is 1.58. The van der Waals surface area contributed by atoms with Gasteiger partial charge < -0.3 is 0 Å². The Kier molecular flexibility index (Phi) is 4.36. The van der Waals surface area contributed by atoms with Crippen LogP contribution in [-0.4, -0.2) is 28.6 Å². The molecule has 0 radical (unpaired) electrons. The first-order valence-corrected chi connectivity index (χ1v) is 13.6. The van der Waals surface area contributed by atoms with E-state index in [-0.39, 0.29) is 5.56 Å². The molecule has 126 valence electrons. The third-order valence-corrected chi connectivity index (χ3v) is 8.20. The third-order valence-electron chi connectivity index (χ3n) is 3.98. The molecule has 0 saturated carbocycles. The van der Waals surface area contributed by atoms with Gasteiger partial charge in [-0.15, -0.1) is 0 Å². The van der Waals surface area contributed by atoms with Crippen molar-refractivity contribution < 1.29 is 0 Å². The van der Waals surface area contributed by atoms with Gasteiger partial charge in [0, 0.05) is 0 Å². The average molecular weight is 452 g/mol. The van der Waals surface area contributed by atoms with E-state index in [4.69, 9.17) is 23.2 Å². The molecule has 8 heteroatoms. The summed E-state index contributed by atoms with van der Waals surface area (Å²) in [5.74, 6) is 0. The predicted octanol–water partition coefficient (Wildman–Crippen LogP) is 4.22. The second kappa shape index (κ2) is 6.40. The second-order valence-corrected chi connectivity index (χ2v) is 12.1. The van der Waals surface area contributed by atoms with Crippen LogP contribution in [0.4, 0.5) is 0 Å². The summed E-state index contributed by atoms with van der Waals surface area (Å²) in [4.78, 5) is 18.8. The van der Waals surface area contributed by atoms with E-state index in [0.717, 1.165) is 16.0 Å². The van der Waals surface area contributed by atoms with E-state index in [1.165, 1.54) is 20.5 Å². The average Bonchev–Trinajstić information content (AvgIpc) is 2.93. The molecule has 4 rings (SSSR count). The molecule has 2 aromatic rings. The normalized spacial score (nSPS) is 11.7. The van der Waals surface area contributed by atoms with Crippen LogP contribution in [0.3, 0.4) is 0 Å². The molecular formula is C17H12AsCl2N3OS.